The van der Waals surface area contributed by atoms with Gasteiger partial charge in [0, 0.05) is 18.0 Å². The number of pyridine rings is 1. The van der Waals surface area contributed by atoms with Crippen molar-refractivity contribution in [1.82, 2.24) is 4.98 Å². The summed E-state index contributed by atoms with van der Waals surface area (Å²) in [4.78, 5) is 14.5. The molecule has 2 rings (SSSR count). The topological polar surface area (TPSA) is 81.2 Å². The molecule has 1 N–H and O–H groups in total. The van der Waals surface area contributed by atoms with Crippen molar-refractivity contribution in [2.24, 2.45) is 0 Å². The number of anilines is 1. The molecule has 1 unspecified atom stereocenters. The van der Waals surface area contributed by atoms with E-state index in [0.717, 1.165) is 5.76 Å². The zero-order chi connectivity index (χ0) is 14.7. The average Bonchev–Trinajstić information content (AvgIpc) is 2.87. The lowest BCUT2D eigenvalue weighted by molar-refractivity contribution is -0.385. The predicted molar refractivity (Wildman–Crippen MR) is 78.8 cm³/mol. The lowest BCUT2D eigenvalue weighted by atomic mass is 10.2. The number of hydrogen-bond acceptors (Lipinski definition) is 5. The first kappa shape index (κ1) is 14.5. The molecule has 2 aromatic rings. The Labute approximate surface area is 124 Å². The maximum absolute atomic E-state index is 10.8. The first-order chi connectivity index (χ1) is 9.49. The fraction of sp³-hybridized carbons (Fsp3) is 0.308. The number of aromatic nitrogens is 1. The third-order valence-electron chi connectivity index (χ3n) is 2.90. The van der Waals surface area contributed by atoms with Crippen LogP contribution >= 0.6 is 15.9 Å². The minimum absolute atomic E-state index is 0.00103. The van der Waals surface area contributed by atoms with Gasteiger partial charge >= 0.3 is 0 Å². The van der Waals surface area contributed by atoms with E-state index in [1.807, 2.05) is 19.1 Å². The molecule has 2 aromatic heterocycles. The van der Waals surface area contributed by atoms with E-state index < -0.39 is 4.92 Å². The van der Waals surface area contributed by atoms with E-state index in [2.05, 4.69) is 26.2 Å². The molecular weight excluding hydrogens is 326 g/mol. The highest BCUT2D eigenvalue weighted by atomic mass is 79.9. The molecule has 0 spiro atoms. The van der Waals surface area contributed by atoms with Gasteiger partial charge in [0.25, 0.3) is 5.69 Å². The van der Waals surface area contributed by atoms with Gasteiger partial charge in [-0.05, 0) is 41.9 Å². The van der Waals surface area contributed by atoms with Crippen molar-refractivity contribution in [3.05, 3.63) is 50.5 Å². The van der Waals surface area contributed by atoms with Crippen LogP contribution in [-0.2, 0) is 6.42 Å². The average molecular weight is 340 g/mol. The molecule has 0 radical (unpaired) electrons. The number of nitro groups is 1. The highest BCUT2D eigenvalue weighted by molar-refractivity contribution is 9.10. The van der Waals surface area contributed by atoms with Crippen molar-refractivity contribution < 1.29 is 9.34 Å². The molecule has 106 valence electrons. The number of furan rings is 1. The highest BCUT2D eigenvalue weighted by Crippen LogP contribution is 2.30. The summed E-state index contributed by atoms with van der Waals surface area (Å²) < 4.78 is 5.89. The Morgan fingerprint density at radius 1 is 1.60 bits per heavy atom. The molecule has 0 aliphatic heterocycles. The molecule has 0 aromatic carbocycles. The molecule has 0 fully saturated rings. The smallest absolute Gasteiger partial charge is 0.291 e. The van der Waals surface area contributed by atoms with Crippen LogP contribution in [-0.4, -0.2) is 15.9 Å². The molecular formula is C13H14BrN3O3. The summed E-state index contributed by atoms with van der Waals surface area (Å²) in [7, 11) is 0. The van der Waals surface area contributed by atoms with Gasteiger partial charge in [-0.2, -0.15) is 0 Å². The second-order valence-electron chi connectivity index (χ2n) is 4.52. The minimum atomic E-state index is -0.441. The van der Waals surface area contributed by atoms with Crippen LogP contribution in [0, 0.1) is 17.0 Å². The Bertz CT molecular complexity index is 614. The summed E-state index contributed by atoms with van der Waals surface area (Å²) in [5.41, 5.74) is 0.554. The number of hydrogen-bond donors (Lipinski definition) is 1. The summed E-state index contributed by atoms with van der Waals surface area (Å²) in [5, 5.41) is 14.0. The van der Waals surface area contributed by atoms with Crippen LogP contribution in [0.2, 0.25) is 0 Å². The van der Waals surface area contributed by atoms with Gasteiger partial charge in [-0.25, -0.2) is 4.98 Å². The molecule has 20 heavy (non-hydrogen) atoms. The van der Waals surface area contributed by atoms with E-state index in [9.17, 15) is 10.1 Å². The Balaban J connectivity index is 2.13. The first-order valence-electron chi connectivity index (χ1n) is 6.07. The highest BCUT2D eigenvalue weighted by Gasteiger charge is 2.18. The standard InChI is InChI=1S/C13H14BrN3O3/c1-8(6-10-4-3-5-20-10)16-13-12(14)9(2)11(7-15-13)17(18)19/h3-5,7-8H,6H2,1-2H3,(H,15,16). The molecule has 7 heteroatoms. The van der Waals surface area contributed by atoms with E-state index in [0.29, 0.717) is 22.3 Å². The van der Waals surface area contributed by atoms with Crippen LogP contribution in [0.4, 0.5) is 11.5 Å². The largest absolute Gasteiger partial charge is 0.469 e. The third kappa shape index (κ3) is 3.16. The fourth-order valence-electron chi connectivity index (χ4n) is 1.87. The van der Waals surface area contributed by atoms with E-state index in [4.69, 9.17) is 4.42 Å². The molecule has 0 saturated heterocycles. The van der Waals surface area contributed by atoms with E-state index >= 15 is 0 Å². The molecule has 0 bridgehead atoms. The van der Waals surface area contributed by atoms with Crippen molar-refractivity contribution in [1.29, 1.82) is 0 Å². The zero-order valence-electron chi connectivity index (χ0n) is 11.1. The summed E-state index contributed by atoms with van der Waals surface area (Å²) in [5.74, 6) is 1.46. The minimum Gasteiger partial charge on any atom is -0.469 e. The van der Waals surface area contributed by atoms with Crippen LogP contribution in [0.5, 0.6) is 0 Å². The van der Waals surface area contributed by atoms with Crippen LogP contribution in [0.25, 0.3) is 0 Å². The summed E-state index contributed by atoms with van der Waals surface area (Å²) in [6, 6.07) is 3.83. The van der Waals surface area contributed by atoms with E-state index in [-0.39, 0.29) is 11.7 Å². The Morgan fingerprint density at radius 3 is 2.95 bits per heavy atom. The molecule has 1 atom stereocenters. The van der Waals surface area contributed by atoms with Gasteiger partial charge in [0.05, 0.1) is 15.7 Å². The molecule has 2 heterocycles. The van der Waals surface area contributed by atoms with Gasteiger partial charge in [0.15, 0.2) is 0 Å². The molecule has 0 saturated carbocycles. The summed E-state index contributed by atoms with van der Waals surface area (Å²) >= 11 is 3.35. The summed E-state index contributed by atoms with van der Waals surface area (Å²) in [6.07, 6.45) is 3.60. The molecule has 0 aliphatic carbocycles. The van der Waals surface area contributed by atoms with Gasteiger partial charge in [0.2, 0.25) is 0 Å². The zero-order valence-corrected chi connectivity index (χ0v) is 12.7. The fourth-order valence-corrected chi connectivity index (χ4v) is 2.29. The van der Waals surface area contributed by atoms with Gasteiger partial charge < -0.3 is 9.73 Å². The first-order valence-corrected chi connectivity index (χ1v) is 6.86. The van der Waals surface area contributed by atoms with Crippen molar-refractivity contribution in [2.45, 2.75) is 26.3 Å². The lowest BCUT2D eigenvalue weighted by Crippen LogP contribution is -2.19. The quantitative estimate of drug-likeness (QED) is 0.663. The van der Waals surface area contributed by atoms with Crippen molar-refractivity contribution in [3.63, 3.8) is 0 Å². The maximum Gasteiger partial charge on any atom is 0.291 e. The van der Waals surface area contributed by atoms with E-state index in [1.165, 1.54) is 6.20 Å². The van der Waals surface area contributed by atoms with Crippen LogP contribution in [0.1, 0.15) is 18.2 Å². The number of nitrogens with zero attached hydrogens (tertiary/aromatic N) is 2. The Kier molecular flexibility index (Phi) is 4.39. The van der Waals surface area contributed by atoms with Crippen LogP contribution < -0.4 is 5.32 Å². The third-order valence-corrected chi connectivity index (χ3v) is 3.87. The maximum atomic E-state index is 10.8. The number of rotatable bonds is 5. The summed E-state index contributed by atoms with van der Waals surface area (Å²) in [6.45, 7) is 3.68. The van der Waals surface area contributed by atoms with Crippen molar-refractivity contribution >= 4 is 27.4 Å². The molecule has 6 nitrogen and oxygen atoms in total. The van der Waals surface area contributed by atoms with Crippen LogP contribution in [0.15, 0.2) is 33.5 Å². The Morgan fingerprint density at radius 2 is 2.35 bits per heavy atom. The van der Waals surface area contributed by atoms with E-state index in [1.54, 1.807) is 13.2 Å². The SMILES string of the molecule is Cc1c([N+](=O)[O-])cnc(NC(C)Cc2ccco2)c1Br. The normalized spacial score (nSPS) is 12.2. The molecule has 0 aliphatic rings. The van der Waals surface area contributed by atoms with Crippen LogP contribution in [0.3, 0.4) is 0 Å². The van der Waals surface area contributed by atoms with Crippen molar-refractivity contribution in [3.8, 4) is 0 Å². The predicted octanol–water partition coefficient (Wildman–Crippen LogP) is 3.70. The molecule has 0 amide bonds. The second-order valence-corrected chi connectivity index (χ2v) is 5.31. The van der Waals surface area contributed by atoms with Gasteiger partial charge in [-0.15, -0.1) is 0 Å². The number of nitrogens with one attached hydrogen (secondary N) is 1. The lowest BCUT2D eigenvalue weighted by Gasteiger charge is -2.15. The van der Waals surface area contributed by atoms with Crippen molar-refractivity contribution in [2.75, 3.05) is 5.32 Å². The second kappa shape index (κ2) is 6.04. The van der Waals surface area contributed by atoms with Gasteiger partial charge in [0.1, 0.15) is 17.8 Å². The van der Waals surface area contributed by atoms with Gasteiger partial charge in [-0.3, -0.25) is 10.1 Å². The van der Waals surface area contributed by atoms with Gasteiger partial charge in [-0.1, -0.05) is 0 Å². The number of halogens is 1. The Hall–Kier alpha value is -1.89. The monoisotopic (exact) mass is 339 g/mol.